The standard InChI is InChI=1S/C24H17Cl2N3O5/c1-13(33-19-9-5-16(25)11-18(19)26)24-28-22(29-34-24)14-2-6-17(7-3-14)27-23(30)15-4-8-20-21(10-15)32-12-31-20/h2-11,13H,12H2,1H3,(H,27,30)/t13-/m0/s1. The molecule has 1 atom stereocenters. The lowest BCUT2D eigenvalue weighted by Gasteiger charge is -2.12. The summed E-state index contributed by atoms with van der Waals surface area (Å²) in [6.07, 6.45) is -0.528. The molecule has 5 rings (SSSR count). The molecule has 0 radical (unpaired) electrons. The number of carbonyl (C=O) groups excluding carboxylic acids is 1. The fourth-order valence-corrected chi connectivity index (χ4v) is 3.73. The number of nitrogens with one attached hydrogen (secondary N) is 1. The molecule has 34 heavy (non-hydrogen) atoms. The van der Waals surface area contributed by atoms with Crippen LogP contribution in [-0.4, -0.2) is 22.8 Å². The van der Waals surface area contributed by atoms with Gasteiger partial charge in [0.15, 0.2) is 17.6 Å². The zero-order chi connectivity index (χ0) is 23.7. The zero-order valence-corrected chi connectivity index (χ0v) is 19.3. The Balaban J connectivity index is 1.24. The Kier molecular flexibility index (Phi) is 6.00. The molecule has 1 amide bonds. The van der Waals surface area contributed by atoms with Crippen LogP contribution in [0.2, 0.25) is 10.0 Å². The number of hydrogen-bond donors (Lipinski definition) is 1. The maximum Gasteiger partial charge on any atom is 0.267 e. The van der Waals surface area contributed by atoms with Gasteiger partial charge in [-0.15, -0.1) is 0 Å². The summed E-state index contributed by atoms with van der Waals surface area (Å²) in [5.41, 5.74) is 1.79. The first-order valence-corrected chi connectivity index (χ1v) is 11.0. The smallest absolute Gasteiger partial charge is 0.267 e. The van der Waals surface area contributed by atoms with Crippen molar-refractivity contribution >= 4 is 34.8 Å². The van der Waals surface area contributed by atoms with Gasteiger partial charge in [0.25, 0.3) is 11.8 Å². The van der Waals surface area contributed by atoms with Gasteiger partial charge >= 0.3 is 0 Å². The van der Waals surface area contributed by atoms with Gasteiger partial charge in [0.05, 0.1) is 5.02 Å². The second-order valence-corrected chi connectivity index (χ2v) is 8.23. The lowest BCUT2D eigenvalue weighted by Crippen LogP contribution is -2.11. The highest BCUT2D eigenvalue weighted by molar-refractivity contribution is 6.35. The Bertz CT molecular complexity index is 1360. The van der Waals surface area contributed by atoms with Crippen molar-refractivity contribution < 1.29 is 23.5 Å². The molecule has 0 bridgehead atoms. The minimum atomic E-state index is -0.528. The Morgan fingerprint density at radius 3 is 2.62 bits per heavy atom. The van der Waals surface area contributed by atoms with E-state index in [0.29, 0.717) is 55.8 Å². The molecule has 1 aliphatic heterocycles. The summed E-state index contributed by atoms with van der Waals surface area (Å²) in [5.74, 6) is 2.05. The summed E-state index contributed by atoms with van der Waals surface area (Å²) in [6.45, 7) is 1.93. The number of rotatable bonds is 6. The third-order valence-corrected chi connectivity index (χ3v) is 5.55. The molecule has 1 aliphatic rings. The number of ether oxygens (including phenoxy) is 3. The van der Waals surface area contributed by atoms with Crippen molar-refractivity contribution in [3.63, 3.8) is 0 Å². The topological polar surface area (TPSA) is 95.7 Å². The van der Waals surface area contributed by atoms with Crippen LogP contribution in [0.3, 0.4) is 0 Å². The van der Waals surface area contributed by atoms with E-state index in [1.807, 2.05) is 0 Å². The van der Waals surface area contributed by atoms with E-state index in [9.17, 15) is 4.79 Å². The molecule has 3 aromatic carbocycles. The molecule has 8 nitrogen and oxygen atoms in total. The summed E-state index contributed by atoms with van der Waals surface area (Å²) in [4.78, 5) is 17.0. The van der Waals surface area contributed by atoms with Gasteiger partial charge in [0.1, 0.15) is 5.75 Å². The molecular weight excluding hydrogens is 481 g/mol. The number of amides is 1. The summed E-state index contributed by atoms with van der Waals surface area (Å²) in [7, 11) is 0. The van der Waals surface area contributed by atoms with Gasteiger partial charge < -0.3 is 24.1 Å². The number of nitrogens with zero attached hydrogens (tertiary/aromatic N) is 2. The first-order chi connectivity index (χ1) is 16.5. The minimum absolute atomic E-state index is 0.152. The number of halogens is 2. The van der Waals surface area contributed by atoms with Crippen molar-refractivity contribution in [2.24, 2.45) is 0 Å². The number of hydrogen-bond acceptors (Lipinski definition) is 7. The maximum absolute atomic E-state index is 12.6. The first kappa shape index (κ1) is 22.1. The summed E-state index contributed by atoms with van der Waals surface area (Å²) in [6, 6.07) is 17.1. The van der Waals surface area contributed by atoms with Crippen LogP contribution >= 0.6 is 23.2 Å². The SMILES string of the molecule is C[C@H](Oc1ccc(Cl)cc1Cl)c1nc(-c2ccc(NC(=O)c3ccc4c(c3)OCO4)cc2)no1. The lowest BCUT2D eigenvalue weighted by atomic mass is 10.1. The van der Waals surface area contributed by atoms with Gasteiger partial charge in [-0.1, -0.05) is 28.4 Å². The average molecular weight is 498 g/mol. The molecule has 0 spiro atoms. The Hall–Kier alpha value is -3.75. The van der Waals surface area contributed by atoms with Crippen molar-refractivity contribution in [2.75, 3.05) is 12.1 Å². The van der Waals surface area contributed by atoms with E-state index in [0.717, 1.165) is 0 Å². The Morgan fingerprint density at radius 1 is 1.03 bits per heavy atom. The summed E-state index contributed by atoms with van der Waals surface area (Å²) in [5, 5.41) is 7.77. The summed E-state index contributed by atoms with van der Waals surface area (Å²) < 4.78 is 21.8. The van der Waals surface area contributed by atoms with Crippen LogP contribution in [0.15, 0.2) is 65.2 Å². The van der Waals surface area contributed by atoms with Gasteiger partial charge in [-0.2, -0.15) is 4.98 Å². The fraction of sp³-hybridized carbons (Fsp3) is 0.125. The third kappa shape index (κ3) is 4.64. The molecule has 0 fully saturated rings. The molecule has 1 aromatic heterocycles. The molecule has 2 heterocycles. The quantitative estimate of drug-likeness (QED) is 0.340. The number of anilines is 1. The van der Waals surface area contributed by atoms with Gasteiger partial charge in [-0.05, 0) is 67.6 Å². The molecule has 10 heteroatoms. The normalized spacial score (nSPS) is 12.9. The maximum atomic E-state index is 12.6. The molecule has 0 saturated carbocycles. The van der Waals surface area contributed by atoms with Gasteiger partial charge in [0, 0.05) is 21.8 Å². The number of aromatic nitrogens is 2. The number of fused-ring (bicyclic) bond motifs is 1. The molecule has 0 saturated heterocycles. The van der Waals surface area contributed by atoms with E-state index in [2.05, 4.69) is 15.5 Å². The fourth-order valence-electron chi connectivity index (χ4n) is 3.27. The molecular formula is C24H17Cl2N3O5. The Labute approximate surface area is 204 Å². The third-order valence-electron chi connectivity index (χ3n) is 5.02. The highest BCUT2D eigenvalue weighted by Crippen LogP contribution is 2.33. The van der Waals surface area contributed by atoms with Crippen LogP contribution in [0.25, 0.3) is 11.4 Å². The molecule has 0 unspecified atom stereocenters. The van der Waals surface area contributed by atoms with E-state index in [4.69, 9.17) is 41.9 Å². The highest BCUT2D eigenvalue weighted by atomic mass is 35.5. The van der Waals surface area contributed by atoms with E-state index in [1.54, 1.807) is 67.6 Å². The second-order valence-electron chi connectivity index (χ2n) is 7.39. The van der Waals surface area contributed by atoms with Crippen LogP contribution in [0.5, 0.6) is 17.2 Å². The van der Waals surface area contributed by atoms with E-state index >= 15 is 0 Å². The predicted octanol–water partition coefficient (Wildman–Crippen LogP) is 6.16. The molecule has 1 N–H and O–H groups in total. The number of benzene rings is 3. The van der Waals surface area contributed by atoms with Gasteiger partial charge in [-0.3, -0.25) is 4.79 Å². The van der Waals surface area contributed by atoms with Gasteiger partial charge in [0.2, 0.25) is 12.6 Å². The van der Waals surface area contributed by atoms with Crippen molar-refractivity contribution in [2.45, 2.75) is 13.0 Å². The van der Waals surface area contributed by atoms with Crippen LogP contribution in [0, 0.1) is 0 Å². The Morgan fingerprint density at radius 2 is 1.82 bits per heavy atom. The van der Waals surface area contributed by atoms with Crippen LogP contribution < -0.4 is 19.5 Å². The monoisotopic (exact) mass is 497 g/mol. The average Bonchev–Trinajstić information content (AvgIpc) is 3.51. The molecule has 172 valence electrons. The van der Waals surface area contributed by atoms with Crippen molar-refractivity contribution in [1.29, 1.82) is 0 Å². The largest absolute Gasteiger partial charge is 0.479 e. The zero-order valence-electron chi connectivity index (χ0n) is 17.7. The van der Waals surface area contributed by atoms with Crippen molar-refractivity contribution in [3.8, 4) is 28.6 Å². The minimum Gasteiger partial charge on any atom is -0.479 e. The summed E-state index contributed by atoms with van der Waals surface area (Å²) >= 11 is 12.1. The van der Waals surface area contributed by atoms with Crippen molar-refractivity contribution in [1.82, 2.24) is 10.1 Å². The molecule has 4 aromatic rings. The van der Waals surface area contributed by atoms with Gasteiger partial charge in [-0.25, -0.2) is 0 Å². The van der Waals surface area contributed by atoms with E-state index in [-0.39, 0.29) is 12.7 Å². The highest BCUT2D eigenvalue weighted by Gasteiger charge is 2.19. The van der Waals surface area contributed by atoms with E-state index < -0.39 is 6.10 Å². The number of carbonyl (C=O) groups is 1. The predicted molar refractivity (Wildman–Crippen MR) is 126 cm³/mol. The molecule has 0 aliphatic carbocycles. The lowest BCUT2D eigenvalue weighted by molar-refractivity contribution is 0.102. The van der Waals surface area contributed by atoms with E-state index in [1.165, 1.54) is 0 Å². The first-order valence-electron chi connectivity index (χ1n) is 10.2. The van der Waals surface area contributed by atoms with Crippen molar-refractivity contribution in [3.05, 3.63) is 82.2 Å². The second kappa shape index (κ2) is 9.24. The van der Waals surface area contributed by atoms with Crippen LogP contribution in [-0.2, 0) is 0 Å². The van der Waals surface area contributed by atoms with Crippen LogP contribution in [0.1, 0.15) is 29.3 Å². The van der Waals surface area contributed by atoms with Crippen LogP contribution in [0.4, 0.5) is 5.69 Å².